The minimum atomic E-state index is -0.252. The SMILES string of the molecule is CCc1nn(CC(=O)NC(C)C)c(=O)c2cc3ccccc3n12. The number of rotatable bonds is 4. The van der Waals surface area contributed by atoms with Gasteiger partial charge in [0.1, 0.15) is 17.9 Å². The Hall–Kier alpha value is -2.63. The molecule has 0 spiro atoms. The molecule has 1 amide bonds. The molecule has 0 aliphatic rings. The van der Waals surface area contributed by atoms with Gasteiger partial charge in [0.15, 0.2) is 0 Å². The van der Waals surface area contributed by atoms with Crippen molar-refractivity contribution in [3.63, 3.8) is 0 Å². The van der Waals surface area contributed by atoms with Crippen LogP contribution in [0.5, 0.6) is 0 Å². The molecule has 2 aromatic heterocycles. The molecule has 1 N–H and O–H groups in total. The maximum absolute atomic E-state index is 12.7. The lowest BCUT2D eigenvalue weighted by Crippen LogP contribution is -2.37. The number of amides is 1. The average molecular weight is 312 g/mol. The second kappa shape index (κ2) is 5.87. The topological polar surface area (TPSA) is 68.4 Å². The summed E-state index contributed by atoms with van der Waals surface area (Å²) in [5, 5.41) is 8.17. The lowest BCUT2D eigenvalue weighted by atomic mass is 10.2. The van der Waals surface area contributed by atoms with Gasteiger partial charge in [-0.1, -0.05) is 25.1 Å². The summed E-state index contributed by atoms with van der Waals surface area (Å²) in [6.45, 7) is 5.69. The number of benzene rings is 1. The van der Waals surface area contributed by atoms with Gasteiger partial charge in [-0.2, -0.15) is 5.10 Å². The Labute approximate surface area is 133 Å². The largest absolute Gasteiger partial charge is 0.352 e. The molecular weight excluding hydrogens is 292 g/mol. The van der Waals surface area contributed by atoms with E-state index in [-0.39, 0.29) is 24.1 Å². The van der Waals surface area contributed by atoms with E-state index < -0.39 is 0 Å². The van der Waals surface area contributed by atoms with E-state index in [0.717, 1.165) is 16.7 Å². The Morgan fingerprint density at radius 3 is 2.70 bits per heavy atom. The molecule has 0 fully saturated rings. The van der Waals surface area contributed by atoms with E-state index in [1.165, 1.54) is 4.68 Å². The first kappa shape index (κ1) is 15.3. The van der Waals surface area contributed by atoms with Gasteiger partial charge in [-0.3, -0.25) is 14.0 Å². The Morgan fingerprint density at radius 1 is 1.26 bits per heavy atom. The van der Waals surface area contributed by atoms with Crippen molar-refractivity contribution in [3.8, 4) is 0 Å². The van der Waals surface area contributed by atoms with Gasteiger partial charge in [0, 0.05) is 17.8 Å². The molecule has 0 saturated heterocycles. The Kier molecular flexibility index (Phi) is 3.90. The smallest absolute Gasteiger partial charge is 0.291 e. The van der Waals surface area contributed by atoms with Crippen LogP contribution in [-0.2, 0) is 17.8 Å². The highest BCUT2D eigenvalue weighted by Gasteiger charge is 2.15. The number of nitrogens with one attached hydrogen (secondary N) is 1. The Balaban J connectivity index is 2.18. The van der Waals surface area contributed by atoms with Crippen LogP contribution in [0.15, 0.2) is 35.1 Å². The molecule has 0 bridgehead atoms. The van der Waals surface area contributed by atoms with Crippen LogP contribution >= 0.6 is 0 Å². The molecule has 0 aliphatic heterocycles. The molecule has 6 heteroatoms. The third-order valence-electron chi connectivity index (χ3n) is 3.72. The fraction of sp³-hybridized carbons (Fsp3) is 0.353. The van der Waals surface area contributed by atoms with Gasteiger partial charge < -0.3 is 5.32 Å². The zero-order valence-corrected chi connectivity index (χ0v) is 13.5. The minimum absolute atomic E-state index is 0.0310. The predicted octanol–water partition coefficient (Wildman–Crippen LogP) is 1.74. The highest BCUT2D eigenvalue weighted by atomic mass is 16.2. The van der Waals surface area contributed by atoms with Crippen LogP contribution in [0.25, 0.3) is 16.4 Å². The third kappa shape index (κ3) is 2.72. The number of nitrogens with zero attached hydrogens (tertiary/aromatic N) is 3. The standard InChI is InChI=1S/C17H20N4O2/c1-4-15-19-20(10-16(22)18-11(2)3)17(23)14-9-12-7-5-6-8-13(12)21(14)15/h5-9,11H,4,10H2,1-3H3,(H,18,22). The van der Waals surface area contributed by atoms with Crippen LogP contribution in [0.2, 0.25) is 0 Å². The van der Waals surface area contributed by atoms with Gasteiger partial charge in [0.25, 0.3) is 5.56 Å². The van der Waals surface area contributed by atoms with E-state index >= 15 is 0 Å². The van der Waals surface area contributed by atoms with Gasteiger partial charge in [0.05, 0.1) is 5.52 Å². The molecule has 23 heavy (non-hydrogen) atoms. The van der Waals surface area contributed by atoms with Gasteiger partial charge in [-0.05, 0) is 26.0 Å². The van der Waals surface area contributed by atoms with Crippen LogP contribution in [0.1, 0.15) is 26.6 Å². The highest BCUT2D eigenvalue weighted by Crippen LogP contribution is 2.19. The summed E-state index contributed by atoms with van der Waals surface area (Å²) < 4.78 is 3.14. The first-order valence-electron chi connectivity index (χ1n) is 7.80. The zero-order chi connectivity index (χ0) is 16.6. The van der Waals surface area contributed by atoms with Crippen molar-refractivity contribution < 1.29 is 4.79 Å². The molecular formula is C17H20N4O2. The third-order valence-corrected chi connectivity index (χ3v) is 3.72. The van der Waals surface area contributed by atoms with Crippen molar-refractivity contribution in [1.82, 2.24) is 19.5 Å². The van der Waals surface area contributed by atoms with Gasteiger partial charge >= 0.3 is 0 Å². The number of aryl methyl sites for hydroxylation is 1. The van der Waals surface area contributed by atoms with Crippen LogP contribution in [0.3, 0.4) is 0 Å². The van der Waals surface area contributed by atoms with E-state index in [2.05, 4.69) is 10.4 Å². The summed E-state index contributed by atoms with van der Waals surface area (Å²) in [5.41, 5.74) is 1.26. The first-order chi connectivity index (χ1) is 11.0. The number of carbonyl (C=O) groups excluding carboxylic acids is 1. The fourth-order valence-corrected chi connectivity index (χ4v) is 2.79. The highest BCUT2D eigenvalue weighted by molar-refractivity contribution is 5.87. The lowest BCUT2D eigenvalue weighted by Gasteiger charge is -2.11. The molecule has 3 rings (SSSR count). The van der Waals surface area contributed by atoms with Crippen molar-refractivity contribution in [2.45, 2.75) is 39.8 Å². The molecule has 6 nitrogen and oxygen atoms in total. The van der Waals surface area contributed by atoms with Crippen molar-refractivity contribution in [3.05, 3.63) is 46.5 Å². The van der Waals surface area contributed by atoms with Gasteiger partial charge in [-0.15, -0.1) is 0 Å². The zero-order valence-electron chi connectivity index (χ0n) is 13.5. The minimum Gasteiger partial charge on any atom is -0.352 e. The second-order valence-corrected chi connectivity index (χ2v) is 5.88. The normalized spacial score (nSPS) is 11.5. The maximum Gasteiger partial charge on any atom is 0.291 e. The van der Waals surface area contributed by atoms with E-state index in [1.54, 1.807) is 0 Å². The quantitative estimate of drug-likeness (QED) is 0.798. The van der Waals surface area contributed by atoms with Gasteiger partial charge in [0.2, 0.25) is 5.91 Å². The van der Waals surface area contributed by atoms with Crippen LogP contribution < -0.4 is 10.9 Å². The predicted molar refractivity (Wildman–Crippen MR) is 89.6 cm³/mol. The first-order valence-corrected chi connectivity index (χ1v) is 7.80. The van der Waals surface area contributed by atoms with E-state index in [0.29, 0.717) is 11.9 Å². The molecule has 0 aliphatic carbocycles. The summed E-state index contributed by atoms with van der Waals surface area (Å²) in [4.78, 5) is 24.7. The number of hydrogen-bond acceptors (Lipinski definition) is 3. The van der Waals surface area contributed by atoms with Gasteiger partial charge in [-0.25, -0.2) is 4.68 Å². The van der Waals surface area contributed by atoms with Crippen molar-refractivity contribution in [2.24, 2.45) is 0 Å². The number of hydrogen-bond donors (Lipinski definition) is 1. The number of fused-ring (bicyclic) bond motifs is 3. The van der Waals surface area contributed by atoms with Crippen molar-refractivity contribution in [2.75, 3.05) is 0 Å². The van der Waals surface area contributed by atoms with E-state index in [1.807, 2.05) is 55.5 Å². The molecule has 1 aromatic carbocycles. The van der Waals surface area contributed by atoms with Crippen LogP contribution in [0.4, 0.5) is 0 Å². The van der Waals surface area contributed by atoms with Crippen molar-refractivity contribution in [1.29, 1.82) is 0 Å². The van der Waals surface area contributed by atoms with Crippen LogP contribution in [0, 0.1) is 0 Å². The molecule has 0 saturated carbocycles. The van der Waals surface area contributed by atoms with Crippen LogP contribution in [-0.4, -0.2) is 26.1 Å². The molecule has 3 aromatic rings. The fourth-order valence-electron chi connectivity index (χ4n) is 2.79. The molecule has 2 heterocycles. The number of aromatic nitrogens is 3. The molecule has 0 atom stereocenters. The maximum atomic E-state index is 12.7. The second-order valence-electron chi connectivity index (χ2n) is 5.88. The summed E-state index contributed by atoms with van der Waals surface area (Å²) in [5.74, 6) is 0.551. The monoisotopic (exact) mass is 312 g/mol. The summed E-state index contributed by atoms with van der Waals surface area (Å²) >= 11 is 0. The summed E-state index contributed by atoms with van der Waals surface area (Å²) in [6.07, 6.45) is 0.668. The summed E-state index contributed by atoms with van der Waals surface area (Å²) in [6, 6.07) is 9.71. The summed E-state index contributed by atoms with van der Waals surface area (Å²) in [7, 11) is 0. The van der Waals surface area contributed by atoms with Crippen molar-refractivity contribution >= 4 is 22.3 Å². The van der Waals surface area contributed by atoms with E-state index in [4.69, 9.17) is 0 Å². The lowest BCUT2D eigenvalue weighted by molar-refractivity contribution is -0.122. The van der Waals surface area contributed by atoms with E-state index in [9.17, 15) is 9.59 Å². The molecule has 0 radical (unpaired) electrons. The molecule has 120 valence electrons. The number of carbonyl (C=O) groups is 1. The molecule has 0 unspecified atom stereocenters. The Morgan fingerprint density at radius 2 is 2.00 bits per heavy atom. The average Bonchev–Trinajstić information content (AvgIpc) is 2.89. The number of para-hydroxylation sites is 1. The Bertz CT molecular complexity index is 937.